The summed E-state index contributed by atoms with van der Waals surface area (Å²) in [6.45, 7) is 9.16. The molecule has 0 aliphatic carbocycles. The summed E-state index contributed by atoms with van der Waals surface area (Å²) in [5, 5.41) is 11.3. The van der Waals surface area contributed by atoms with Gasteiger partial charge in [0.2, 0.25) is 5.91 Å². The van der Waals surface area contributed by atoms with Crippen LogP contribution in [0.2, 0.25) is 11.6 Å². The first kappa shape index (κ1) is 20.1. The first-order valence-electron chi connectivity index (χ1n) is 7.12. The van der Waals surface area contributed by atoms with Crippen LogP contribution in [0.25, 0.3) is 0 Å². The lowest BCUT2D eigenvalue weighted by atomic mass is 9.97. The molecule has 2 N–H and O–H groups in total. The Hall–Kier alpha value is -0.923. The van der Waals surface area contributed by atoms with Crippen molar-refractivity contribution in [3.05, 3.63) is 0 Å². The second kappa shape index (κ2) is 7.37. The number of rotatable bonds is 8. The molecule has 0 aromatic rings. The molecule has 1 atom stereocenters. The molecule has 21 heavy (non-hydrogen) atoms. The number of carboxylic acids is 1. The van der Waals surface area contributed by atoms with E-state index in [1.807, 2.05) is 27.7 Å². The van der Waals surface area contributed by atoms with Gasteiger partial charge in [0, 0.05) is 26.2 Å². The fraction of sp³-hybridized carbons (Fsp3) is 0.857. The zero-order chi connectivity index (χ0) is 16.9. The number of hydrogen-bond donors (Lipinski definition) is 2. The van der Waals surface area contributed by atoms with E-state index in [9.17, 15) is 14.7 Å². The first-order chi connectivity index (χ1) is 9.48. The molecule has 0 saturated carbocycles. The highest BCUT2D eigenvalue weighted by molar-refractivity contribution is 6.73. The van der Waals surface area contributed by atoms with E-state index in [1.165, 1.54) is 14.2 Å². The maximum atomic E-state index is 12.3. The Balaban J connectivity index is 5.61. The number of carboxylic acid groups (broad SMARTS) is 1. The van der Waals surface area contributed by atoms with Gasteiger partial charge in [0.05, 0.1) is 0 Å². The van der Waals surface area contributed by atoms with Crippen LogP contribution >= 0.6 is 0 Å². The summed E-state index contributed by atoms with van der Waals surface area (Å²) in [4.78, 5) is 24.2. The van der Waals surface area contributed by atoms with Gasteiger partial charge in [0.15, 0.2) is 0 Å². The standard InChI is InChI=1S/C14H29NO5Si/c1-8-9-14(12(17)18,21(7,19-5)20-6)10-11(16)15-13(2,3)4/h8-10H2,1-7H3,(H,15,16)(H,17,18). The van der Waals surface area contributed by atoms with E-state index in [0.29, 0.717) is 12.8 Å². The summed E-state index contributed by atoms with van der Waals surface area (Å²) in [6, 6.07) is 0. The van der Waals surface area contributed by atoms with E-state index in [0.717, 1.165) is 0 Å². The van der Waals surface area contributed by atoms with Crippen LogP contribution in [-0.2, 0) is 18.4 Å². The van der Waals surface area contributed by atoms with Crippen LogP contribution in [0.15, 0.2) is 0 Å². The summed E-state index contributed by atoms with van der Waals surface area (Å²) in [7, 11) is -0.161. The molecule has 0 spiro atoms. The molecular formula is C14H29NO5Si. The second-order valence-corrected chi connectivity index (χ2v) is 10.1. The lowest BCUT2D eigenvalue weighted by Crippen LogP contribution is -2.56. The fourth-order valence-electron chi connectivity index (χ4n) is 2.49. The Morgan fingerprint density at radius 1 is 1.19 bits per heavy atom. The molecule has 0 aromatic heterocycles. The van der Waals surface area contributed by atoms with Gasteiger partial charge in [-0.25, -0.2) is 0 Å². The Bertz CT molecular complexity index is 376. The van der Waals surface area contributed by atoms with Gasteiger partial charge < -0.3 is 19.3 Å². The molecule has 0 aromatic carbocycles. The Morgan fingerprint density at radius 2 is 1.67 bits per heavy atom. The maximum Gasteiger partial charge on any atom is 0.352 e. The van der Waals surface area contributed by atoms with Gasteiger partial charge in [0.25, 0.3) is 0 Å². The van der Waals surface area contributed by atoms with Gasteiger partial charge in [-0.2, -0.15) is 0 Å². The number of nitrogens with one attached hydrogen (secondary N) is 1. The summed E-state index contributed by atoms with van der Waals surface area (Å²) < 4.78 is 10.9. The van der Waals surface area contributed by atoms with Crippen LogP contribution in [0, 0.1) is 0 Å². The molecule has 0 radical (unpaired) electrons. The van der Waals surface area contributed by atoms with Gasteiger partial charge in [-0.3, -0.25) is 9.59 Å². The minimum atomic E-state index is -3.06. The van der Waals surface area contributed by atoms with Gasteiger partial charge in [-0.05, 0) is 33.7 Å². The third-order valence-corrected chi connectivity index (χ3v) is 7.65. The smallest absolute Gasteiger partial charge is 0.352 e. The lowest BCUT2D eigenvalue weighted by molar-refractivity contribution is -0.145. The molecule has 0 aliphatic rings. The van der Waals surface area contributed by atoms with Crippen LogP contribution < -0.4 is 5.32 Å². The van der Waals surface area contributed by atoms with Crippen molar-refractivity contribution in [2.45, 2.75) is 64.1 Å². The highest BCUT2D eigenvalue weighted by atomic mass is 28.4. The van der Waals surface area contributed by atoms with Crippen molar-refractivity contribution in [2.75, 3.05) is 14.2 Å². The monoisotopic (exact) mass is 319 g/mol. The molecular weight excluding hydrogens is 290 g/mol. The van der Waals surface area contributed by atoms with E-state index in [2.05, 4.69) is 5.32 Å². The van der Waals surface area contributed by atoms with Crippen LogP contribution in [0.3, 0.4) is 0 Å². The summed E-state index contributed by atoms with van der Waals surface area (Å²) >= 11 is 0. The third-order valence-electron chi connectivity index (χ3n) is 3.71. The van der Waals surface area contributed by atoms with Crippen molar-refractivity contribution in [3.8, 4) is 0 Å². The van der Waals surface area contributed by atoms with E-state index >= 15 is 0 Å². The van der Waals surface area contributed by atoms with Crippen molar-refractivity contribution in [1.29, 1.82) is 0 Å². The third kappa shape index (κ3) is 4.79. The van der Waals surface area contributed by atoms with E-state index in [4.69, 9.17) is 8.85 Å². The molecule has 124 valence electrons. The molecule has 6 nitrogen and oxygen atoms in total. The molecule has 0 rings (SSSR count). The molecule has 7 heteroatoms. The maximum absolute atomic E-state index is 12.3. The van der Waals surface area contributed by atoms with Crippen LogP contribution in [-0.4, -0.2) is 45.3 Å². The SMILES string of the molecule is CCCC(CC(=O)NC(C)(C)C)(C(=O)O)[Si](C)(OC)OC. The van der Waals surface area contributed by atoms with E-state index < -0.39 is 25.1 Å². The van der Waals surface area contributed by atoms with Crippen LogP contribution in [0.4, 0.5) is 0 Å². The van der Waals surface area contributed by atoms with Crippen molar-refractivity contribution in [3.63, 3.8) is 0 Å². The van der Waals surface area contributed by atoms with Crippen molar-refractivity contribution < 1.29 is 23.5 Å². The second-order valence-electron chi connectivity index (χ2n) is 6.47. The molecule has 1 unspecified atom stereocenters. The van der Waals surface area contributed by atoms with Crippen LogP contribution in [0.5, 0.6) is 0 Å². The van der Waals surface area contributed by atoms with Gasteiger partial charge in [-0.1, -0.05) is 13.3 Å². The summed E-state index contributed by atoms with van der Waals surface area (Å²) in [5.41, 5.74) is -0.411. The number of amides is 1. The average Bonchev–Trinajstić information content (AvgIpc) is 2.34. The Labute approximate surface area is 128 Å². The first-order valence-corrected chi connectivity index (χ1v) is 9.44. The number of aliphatic carboxylic acids is 1. The van der Waals surface area contributed by atoms with Crippen molar-refractivity contribution in [1.82, 2.24) is 5.32 Å². The summed E-state index contributed by atoms with van der Waals surface area (Å²) in [5.74, 6) is -1.34. The highest BCUT2D eigenvalue weighted by Gasteiger charge is 2.59. The number of carbonyl (C=O) groups excluding carboxylic acids is 1. The molecule has 0 heterocycles. The zero-order valence-corrected chi connectivity index (χ0v) is 15.2. The van der Waals surface area contributed by atoms with Gasteiger partial charge >= 0.3 is 14.5 Å². The Morgan fingerprint density at radius 3 is 1.95 bits per heavy atom. The van der Waals surface area contributed by atoms with Crippen molar-refractivity contribution >= 4 is 20.4 Å². The molecule has 0 bridgehead atoms. The fourth-order valence-corrected chi connectivity index (χ4v) is 5.01. The number of hydrogen-bond acceptors (Lipinski definition) is 4. The van der Waals surface area contributed by atoms with Gasteiger partial charge in [0.1, 0.15) is 5.04 Å². The lowest BCUT2D eigenvalue weighted by Gasteiger charge is -2.40. The predicted molar refractivity (Wildman–Crippen MR) is 83.4 cm³/mol. The van der Waals surface area contributed by atoms with E-state index in [1.54, 1.807) is 6.55 Å². The topological polar surface area (TPSA) is 84.9 Å². The highest BCUT2D eigenvalue weighted by Crippen LogP contribution is 2.47. The van der Waals surface area contributed by atoms with E-state index in [-0.39, 0.29) is 12.3 Å². The molecule has 0 saturated heterocycles. The minimum absolute atomic E-state index is 0.141. The molecule has 0 aliphatic heterocycles. The molecule has 0 fully saturated rings. The quantitative estimate of drug-likeness (QED) is 0.670. The van der Waals surface area contributed by atoms with Crippen LogP contribution in [0.1, 0.15) is 47.0 Å². The Kier molecular flexibility index (Phi) is 7.05. The molecule has 1 amide bonds. The largest absolute Gasteiger partial charge is 0.481 e. The zero-order valence-electron chi connectivity index (χ0n) is 14.2. The number of carbonyl (C=O) groups is 2. The van der Waals surface area contributed by atoms with Crippen molar-refractivity contribution in [2.24, 2.45) is 0 Å². The van der Waals surface area contributed by atoms with Gasteiger partial charge in [-0.15, -0.1) is 0 Å². The average molecular weight is 319 g/mol. The normalized spacial score (nSPS) is 15.4. The predicted octanol–water partition coefficient (Wildman–Crippen LogP) is 2.28. The minimum Gasteiger partial charge on any atom is -0.481 e. The summed E-state index contributed by atoms with van der Waals surface area (Å²) in [6.07, 6.45) is 0.826.